The van der Waals surface area contributed by atoms with Gasteiger partial charge < -0.3 is 8.85 Å². The van der Waals surface area contributed by atoms with Gasteiger partial charge in [-0.15, -0.1) is 0 Å². The van der Waals surface area contributed by atoms with E-state index in [1.165, 1.54) is 38.5 Å². The molecule has 1 unspecified atom stereocenters. The highest BCUT2D eigenvalue weighted by atomic mass is 28.4. The van der Waals surface area contributed by atoms with Crippen molar-refractivity contribution in [1.29, 1.82) is 0 Å². The summed E-state index contributed by atoms with van der Waals surface area (Å²) in [6.45, 7) is 25.4. The van der Waals surface area contributed by atoms with Gasteiger partial charge in [0.1, 0.15) is 5.78 Å². The van der Waals surface area contributed by atoms with Gasteiger partial charge in [-0.3, -0.25) is 4.79 Å². The molecule has 2 rings (SSSR count). The van der Waals surface area contributed by atoms with Gasteiger partial charge in [0.05, 0.1) is 11.2 Å². The minimum absolute atomic E-state index is 0.0366. The molecule has 2 aliphatic carbocycles. The number of carbonyl (C=O) groups excluding carboxylic acids is 1. The largest absolute Gasteiger partial charge is 0.413 e. The number of hydrogen-bond donors (Lipinski definition) is 0. The predicted molar refractivity (Wildman–Crippen MR) is 151 cm³/mol. The van der Waals surface area contributed by atoms with Crippen LogP contribution in [0.15, 0.2) is 0 Å². The van der Waals surface area contributed by atoms with E-state index in [-0.39, 0.29) is 16.6 Å². The van der Waals surface area contributed by atoms with E-state index in [4.69, 9.17) is 8.85 Å². The Morgan fingerprint density at radius 3 is 1.79 bits per heavy atom. The van der Waals surface area contributed by atoms with E-state index >= 15 is 0 Å². The fourth-order valence-corrected chi connectivity index (χ4v) is 11.2. The molecule has 200 valence electrons. The van der Waals surface area contributed by atoms with E-state index in [1.807, 2.05) is 0 Å². The Balaban J connectivity index is 2.07. The van der Waals surface area contributed by atoms with Crippen LogP contribution in [0.25, 0.3) is 0 Å². The molecule has 0 bridgehead atoms. The van der Waals surface area contributed by atoms with Crippen LogP contribution < -0.4 is 0 Å². The second-order valence-electron chi connectivity index (χ2n) is 15.1. The van der Waals surface area contributed by atoms with Crippen molar-refractivity contribution in [2.75, 3.05) is 0 Å². The lowest BCUT2D eigenvalue weighted by Gasteiger charge is -2.43. The number of ketones is 1. The number of carbonyl (C=O) groups is 1. The van der Waals surface area contributed by atoms with Gasteiger partial charge in [-0.2, -0.15) is 0 Å². The fourth-order valence-electron chi connectivity index (χ4n) is 7.63. The van der Waals surface area contributed by atoms with Gasteiger partial charge >= 0.3 is 0 Å². The van der Waals surface area contributed by atoms with Crippen LogP contribution >= 0.6 is 0 Å². The minimum Gasteiger partial charge on any atom is -0.413 e. The van der Waals surface area contributed by atoms with Gasteiger partial charge in [-0.05, 0) is 123 Å². The summed E-state index contributed by atoms with van der Waals surface area (Å²) in [4.78, 5) is 12.8. The van der Waals surface area contributed by atoms with Crippen LogP contribution in [0.5, 0.6) is 0 Å². The molecule has 2 saturated carbocycles. The third kappa shape index (κ3) is 9.15. The molecule has 0 aromatic heterocycles. The molecule has 5 heteroatoms. The van der Waals surface area contributed by atoms with Crippen LogP contribution in [-0.2, 0) is 13.6 Å². The molecule has 0 spiro atoms. The van der Waals surface area contributed by atoms with Crippen LogP contribution in [0, 0.1) is 23.2 Å². The molecule has 0 saturated heterocycles. The lowest BCUT2D eigenvalue weighted by atomic mass is 9.61. The molecule has 2 aliphatic rings. The van der Waals surface area contributed by atoms with Crippen molar-refractivity contribution < 1.29 is 13.6 Å². The van der Waals surface area contributed by atoms with E-state index in [0.717, 1.165) is 32.1 Å². The summed E-state index contributed by atoms with van der Waals surface area (Å²) in [5.41, 5.74) is 0.158. The molecule has 0 heterocycles. The summed E-state index contributed by atoms with van der Waals surface area (Å²) in [7, 11) is -3.10. The van der Waals surface area contributed by atoms with Crippen LogP contribution in [0.3, 0.4) is 0 Å². The lowest BCUT2D eigenvalue weighted by molar-refractivity contribution is -0.130. The first-order valence-corrected chi connectivity index (χ1v) is 21.1. The topological polar surface area (TPSA) is 35.5 Å². The van der Waals surface area contributed by atoms with Gasteiger partial charge in [-0.25, -0.2) is 0 Å². The van der Waals surface area contributed by atoms with Crippen LogP contribution in [0.4, 0.5) is 0 Å². The molecule has 3 atom stereocenters. The predicted octanol–water partition coefficient (Wildman–Crippen LogP) is 8.99. The van der Waals surface area contributed by atoms with Crippen molar-refractivity contribution in [2.45, 2.75) is 156 Å². The van der Waals surface area contributed by atoms with E-state index in [2.05, 4.69) is 73.9 Å². The maximum absolute atomic E-state index is 12.8. The third-order valence-corrected chi connectivity index (χ3v) is 10.7. The molecule has 0 N–H and O–H groups in total. The summed E-state index contributed by atoms with van der Waals surface area (Å²) in [6, 6.07) is 0. The summed E-state index contributed by atoms with van der Waals surface area (Å²) < 4.78 is 13.0. The average Bonchev–Trinajstić information content (AvgIpc) is 2.94. The van der Waals surface area contributed by atoms with Gasteiger partial charge in [0.25, 0.3) is 0 Å². The van der Waals surface area contributed by atoms with Crippen LogP contribution in [0.2, 0.25) is 39.3 Å². The first kappa shape index (κ1) is 30.2. The second-order valence-corrected chi connectivity index (χ2v) is 23.9. The molecule has 0 amide bonds. The fraction of sp³-hybridized carbons (Fsp3) is 0.966. The Hall–Kier alpha value is 0.0238. The maximum atomic E-state index is 12.8. The van der Waals surface area contributed by atoms with Crippen molar-refractivity contribution >= 4 is 22.4 Å². The molecule has 0 aromatic carbocycles. The van der Waals surface area contributed by atoms with Crippen molar-refractivity contribution in [1.82, 2.24) is 0 Å². The Kier molecular flexibility index (Phi) is 9.95. The standard InChI is InChI=1S/C29H58O3Si2/c1-27(2,31-33(6,7)8)20-12-15-23(16-13-21-28(3,4)32-34(9,10)11)24-18-19-25-26(30)17-14-22-29(24,25)5/h23-25H,12-22H2,1-11H3/t24-,25?,29-/m1/s1. The Bertz CT molecular complexity index is 640. The highest BCUT2D eigenvalue weighted by molar-refractivity contribution is 6.70. The molecular weight excluding hydrogens is 452 g/mol. The third-order valence-electron chi connectivity index (χ3n) is 8.38. The summed E-state index contributed by atoms with van der Waals surface area (Å²) >= 11 is 0. The average molecular weight is 511 g/mol. The highest BCUT2D eigenvalue weighted by Gasteiger charge is 2.52. The molecule has 2 fully saturated rings. The van der Waals surface area contributed by atoms with Crippen molar-refractivity contribution in [3.05, 3.63) is 0 Å². The van der Waals surface area contributed by atoms with E-state index in [9.17, 15) is 4.79 Å². The number of hydrogen-bond acceptors (Lipinski definition) is 3. The number of rotatable bonds is 13. The molecule has 3 nitrogen and oxygen atoms in total. The highest BCUT2D eigenvalue weighted by Crippen LogP contribution is 2.58. The summed E-state index contributed by atoms with van der Waals surface area (Å²) in [5.74, 6) is 2.30. The first-order valence-electron chi connectivity index (χ1n) is 14.3. The van der Waals surface area contributed by atoms with Crippen molar-refractivity contribution in [2.24, 2.45) is 23.2 Å². The SMILES string of the molecule is CC(C)(CCCC(CCCC(C)(C)O[Si](C)(C)C)[C@H]1CCC2C(=O)CCC[C@@]21C)O[Si](C)(C)C. The monoisotopic (exact) mass is 510 g/mol. The van der Waals surface area contributed by atoms with E-state index in [0.29, 0.717) is 23.5 Å². The van der Waals surface area contributed by atoms with E-state index in [1.54, 1.807) is 0 Å². The Morgan fingerprint density at radius 2 is 1.35 bits per heavy atom. The molecule has 0 aliphatic heterocycles. The van der Waals surface area contributed by atoms with Crippen LogP contribution in [-0.4, -0.2) is 33.6 Å². The van der Waals surface area contributed by atoms with E-state index < -0.39 is 16.6 Å². The van der Waals surface area contributed by atoms with Gasteiger partial charge in [-0.1, -0.05) is 32.6 Å². The molecule has 0 aromatic rings. The van der Waals surface area contributed by atoms with Crippen molar-refractivity contribution in [3.63, 3.8) is 0 Å². The quantitative estimate of drug-likeness (QED) is 0.232. The van der Waals surface area contributed by atoms with Gasteiger partial charge in [0.2, 0.25) is 0 Å². The minimum atomic E-state index is -1.55. The van der Waals surface area contributed by atoms with Crippen molar-refractivity contribution in [3.8, 4) is 0 Å². The smallest absolute Gasteiger partial charge is 0.184 e. The normalized spacial score (nSPS) is 26.9. The molecular formula is C29H58O3Si2. The number of fused-ring (bicyclic) bond motifs is 1. The summed E-state index contributed by atoms with van der Waals surface area (Å²) in [5, 5.41) is 0. The first-order chi connectivity index (χ1) is 15.3. The zero-order valence-electron chi connectivity index (χ0n) is 24.7. The van der Waals surface area contributed by atoms with Gasteiger partial charge in [0.15, 0.2) is 16.6 Å². The Morgan fingerprint density at radius 1 is 0.882 bits per heavy atom. The zero-order valence-corrected chi connectivity index (χ0v) is 26.7. The molecule has 34 heavy (non-hydrogen) atoms. The van der Waals surface area contributed by atoms with Crippen LogP contribution in [0.1, 0.15) is 105 Å². The second kappa shape index (κ2) is 11.2. The van der Waals surface area contributed by atoms with Gasteiger partial charge in [0, 0.05) is 12.3 Å². The lowest BCUT2D eigenvalue weighted by Crippen LogP contribution is -2.40. The Labute approximate surface area is 214 Å². The maximum Gasteiger partial charge on any atom is 0.184 e. The number of Topliss-reactive ketones (excluding diaryl/α,β-unsaturated/α-hetero) is 1. The molecule has 0 radical (unpaired) electrons. The summed E-state index contributed by atoms with van der Waals surface area (Å²) in [6.07, 6.45) is 12.8. The zero-order chi connectivity index (χ0) is 26.0.